The zero-order valence-corrected chi connectivity index (χ0v) is 16.9. The van der Waals surface area contributed by atoms with Gasteiger partial charge in [0.1, 0.15) is 0 Å². The predicted octanol–water partition coefficient (Wildman–Crippen LogP) is 5.69. The van der Waals surface area contributed by atoms with Crippen molar-refractivity contribution in [3.8, 4) is 11.5 Å². The van der Waals surface area contributed by atoms with Gasteiger partial charge in [-0.2, -0.15) is 0 Å². The summed E-state index contributed by atoms with van der Waals surface area (Å²) < 4.78 is 11.5. The Morgan fingerprint density at radius 3 is 1.72 bits per heavy atom. The number of benzene rings is 3. The van der Waals surface area contributed by atoms with E-state index < -0.39 is 11.9 Å². The third-order valence-corrected chi connectivity index (χ3v) is 4.75. The van der Waals surface area contributed by atoms with Gasteiger partial charge in [0.25, 0.3) is 0 Å². The fourth-order valence-electron chi connectivity index (χ4n) is 3.07. The molecule has 0 aliphatic rings. The first-order chi connectivity index (χ1) is 14.0. The second-order valence-corrected chi connectivity index (χ2v) is 6.90. The van der Waals surface area contributed by atoms with E-state index in [1.54, 1.807) is 48.5 Å². The van der Waals surface area contributed by atoms with E-state index in [1.165, 1.54) is 0 Å². The maximum atomic E-state index is 12.7. The van der Waals surface area contributed by atoms with Gasteiger partial charge in [0.2, 0.25) is 0 Å². The standard InChI is InChI=1S/C25H24O4/c1-4-11-21-16-17(2)18(3)22(28-24(26)19-12-7-5-8-13-19)23(21)29-25(27)20-14-9-6-10-15-20/h5-10,12-16H,4,11H2,1-3H3. The van der Waals surface area contributed by atoms with Crippen LogP contribution < -0.4 is 9.47 Å². The molecule has 0 amide bonds. The minimum Gasteiger partial charge on any atom is -0.419 e. The summed E-state index contributed by atoms with van der Waals surface area (Å²) in [4.78, 5) is 25.4. The van der Waals surface area contributed by atoms with Crippen molar-refractivity contribution in [2.45, 2.75) is 33.6 Å². The normalized spacial score (nSPS) is 10.4. The molecule has 0 heterocycles. The van der Waals surface area contributed by atoms with Gasteiger partial charge in [0.05, 0.1) is 11.1 Å². The maximum Gasteiger partial charge on any atom is 0.343 e. The van der Waals surface area contributed by atoms with Crippen LogP contribution in [-0.2, 0) is 6.42 Å². The molecular weight excluding hydrogens is 364 g/mol. The van der Waals surface area contributed by atoms with Crippen LogP contribution in [0.5, 0.6) is 11.5 Å². The quantitative estimate of drug-likeness (QED) is 0.402. The van der Waals surface area contributed by atoms with Crippen LogP contribution in [0, 0.1) is 13.8 Å². The number of carbonyl (C=O) groups is 2. The SMILES string of the molecule is CCCc1cc(C)c(C)c(OC(=O)c2ccccc2)c1OC(=O)c1ccccc1. The first-order valence-electron chi connectivity index (χ1n) is 9.68. The van der Waals surface area contributed by atoms with E-state index in [0.29, 0.717) is 29.0 Å². The van der Waals surface area contributed by atoms with Crippen molar-refractivity contribution in [1.82, 2.24) is 0 Å². The molecule has 0 spiro atoms. The lowest BCUT2D eigenvalue weighted by Crippen LogP contribution is -2.15. The highest BCUT2D eigenvalue weighted by molar-refractivity contribution is 5.93. The van der Waals surface area contributed by atoms with E-state index >= 15 is 0 Å². The third kappa shape index (κ3) is 4.72. The van der Waals surface area contributed by atoms with E-state index in [4.69, 9.17) is 9.47 Å². The van der Waals surface area contributed by atoms with E-state index in [9.17, 15) is 9.59 Å². The van der Waals surface area contributed by atoms with Gasteiger partial charge in [-0.3, -0.25) is 0 Å². The van der Waals surface area contributed by atoms with E-state index in [2.05, 4.69) is 0 Å². The molecule has 0 saturated heterocycles. The Labute approximate surface area is 171 Å². The van der Waals surface area contributed by atoms with Gasteiger partial charge in [-0.25, -0.2) is 9.59 Å². The molecule has 0 bridgehead atoms. The third-order valence-electron chi connectivity index (χ3n) is 4.75. The van der Waals surface area contributed by atoms with Crippen LogP contribution >= 0.6 is 0 Å². The molecule has 3 rings (SSSR count). The first kappa shape index (κ1) is 20.3. The Kier molecular flexibility index (Phi) is 6.45. The van der Waals surface area contributed by atoms with E-state index in [0.717, 1.165) is 23.1 Å². The second-order valence-electron chi connectivity index (χ2n) is 6.90. The second kappa shape index (κ2) is 9.20. The number of rotatable bonds is 6. The molecule has 0 saturated carbocycles. The molecule has 0 atom stereocenters. The molecule has 29 heavy (non-hydrogen) atoms. The van der Waals surface area contributed by atoms with Gasteiger partial charge >= 0.3 is 11.9 Å². The predicted molar refractivity (Wildman–Crippen MR) is 113 cm³/mol. The van der Waals surface area contributed by atoms with Crippen molar-refractivity contribution < 1.29 is 19.1 Å². The van der Waals surface area contributed by atoms with Crippen molar-refractivity contribution in [2.24, 2.45) is 0 Å². The molecule has 148 valence electrons. The Hall–Kier alpha value is -3.40. The highest BCUT2D eigenvalue weighted by Crippen LogP contribution is 2.38. The number of ether oxygens (including phenoxy) is 2. The molecule has 3 aromatic carbocycles. The number of hydrogen-bond donors (Lipinski definition) is 0. The van der Waals surface area contributed by atoms with Crippen LogP contribution in [0.3, 0.4) is 0 Å². The van der Waals surface area contributed by atoms with Gasteiger partial charge in [0.15, 0.2) is 11.5 Å². The Morgan fingerprint density at radius 1 is 0.759 bits per heavy atom. The van der Waals surface area contributed by atoms with Crippen molar-refractivity contribution in [3.05, 3.63) is 94.5 Å². The largest absolute Gasteiger partial charge is 0.419 e. The van der Waals surface area contributed by atoms with E-state index in [-0.39, 0.29) is 0 Å². The summed E-state index contributed by atoms with van der Waals surface area (Å²) in [5.74, 6) is -0.360. The summed E-state index contributed by atoms with van der Waals surface area (Å²) in [6, 6.07) is 19.5. The summed E-state index contributed by atoms with van der Waals surface area (Å²) in [7, 11) is 0. The van der Waals surface area contributed by atoms with Crippen LogP contribution in [0.4, 0.5) is 0 Å². The topological polar surface area (TPSA) is 52.6 Å². The first-order valence-corrected chi connectivity index (χ1v) is 9.68. The van der Waals surface area contributed by atoms with Crippen molar-refractivity contribution in [1.29, 1.82) is 0 Å². The lowest BCUT2D eigenvalue weighted by atomic mass is 10.0. The fourth-order valence-corrected chi connectivity index (χ4v) is 3.07. The van der Waals surface area contributed by atoms with Gasteiger partial charge in [-0.15, -0.1) is 0 Å². The molecule has 0 aliphatic carbocycles. The van der Waals surface area contributed by atoms with Crippen LogP contribution in [0.25, 0.3) is 0 Å². The lowest BCUT2D eigenvalue weighted by Gasteiger charge is -2.18. The van der Waals surface area contributed by atoms with Crippen molar-refractivity contribution in [3.63, 3.8) is 0 Å². The molecule has 0 radical (unpaired) electrons. The number of esters is 2. The van der Waals surface area contributed by atoms with Gasteiger partial charge < -0.3 is 9.47 Å². The minimum absolute atomic E-state index is 0.298. The molecule has 4 nitrogen and oxygen atoms in total. The highest BCUT2D eigenvalue weighted by Gasteiger charge is 2.23. The summed E-state index contributed by atoms with van der Waals surface area (Å²) in [5, 5.41) is 0. The van der Waals surface area contributed by atoms with Crippen molar-refractivity contribution >= 4 is 11.9 Å². The number of carbonyl (C=O) groups excluding carboxylic acids is 2. The van der Waals surface area contributed by atoms with Gasteiger partial charge in [0, 0.05) is 0 Å². The Morgan fingerprint density at radius 2 is 1.24 bits per heavy atom. The average molecular weight is 388 g/mol. The maximum absolute atomic E-state index is 12.7. The molecule has 0 N–H and O–H groups in total. The summed E-state index contributed by atoms with van der Waals surface area (Å²) in [6.45, 7) is 5.86. The molecule has 0 unspecified atom stereocenters. The lowest BCUT2D eigenvalue weighted by molar-refractivity contribution is 0.0680. The summed E-state index contributed by atoms with van der Waals surface area (Å²) >= 11 is 0. The molecule has 3 aromatic rings. The zero-order chi connectivity index (χ0) is 20.8. The zero-order valence-electron chi connectivity index (χ0n) is 16.9. The molecular formula is C25H24O4. The molecule has 0 fully saturated rings. The smallest absolute Gasteiger partial charge is 0.343 e. The Bertz CT molecular complexity index is 1010. The molecule has 0 aliphatic heterocycles. The van der Waals surface area contributed by atoms with Crippen LogP contribution in [0.1, 0.15) is 50.8 Å². The van der Waals surface area contributed by atoms with Crippen molar-refractivity contribution in [2.75, 3.05) is 0 Å². The average Bonchev–Trinajstić information content (AvgIpc) is 2.75. The monoisotopic (exact) mass is 388 g/mol. The minimum atomic E-state index is -0.487. The molecule has 4 heteroatoms. The van der Waals surface area contributed by atoms with Gasteiger partial charge in [-0.05, 0) is 61.2 Å². The summed E-state index contributed by atoms with van der Waals surface area (Å²) in [5.41, 5.74) is 3.46. The van der Waals surface area contributed by atoms with Crippen LogP contribution in [0.2, 0.25) is 0 Å². The Balaban J connectivity index is 2.03. The highest BCUT2D eigenvalue weighted by atomic mass is 16.6. The fraction of sp³-hybridized carbons (Fsp3) is 0.200. The van der Waals surface area contributed by atoms with E-state index in [1.807, 2.05) is 39.0 Å². The van der Waals surface area contributed by atoms with Crippen LogP contribution in [-0.4, -0.2) is 11.9 Å². The number of hydrogen-bond acceptors (Lipinski definition) is 4. The van der Waals surface area contributed by atoms with Crippen LogP contribution in [0.15, 0.2) is 66.7 Å². The van der Waals surface area contributed by atoms with Gasteiger partial charge in [-0.1, -0.05) is 55.8 Å². The molecule has 0 aromatic heterocycles. The summed E-state index contributed by atoms with van der Waals surface area (Å²) in [6.07, 6.45) is 1.57. The number of aryl methyl sites for hydroxylation is 2.